The van der Waals surface area contributed by atoms with Gasteiger partial charge in [-0.15, -0.1) is 0 Å². The van der Waals surface area contributed by atoms with Crippen molar-refractivity contribution in [3.05, 3.63) is 75.1 Å². The number of piperazine rings is 1. The Morgan fingerprint density at radius 2 is 2.06 bits per heavy atom. The van der Waals surface area contributed by atoms with Gasteiger partial charge in [0.2, 0.25) is 5.91 Å². The van der Waals surface area contributed by atoms with E-state index in [4.69, 9.17) is 11.3 Å². The second-order valence-corrected chi connectivity index (χ2v) is 9.18. The molecule has 0 bridgehead atoms. The number of ether oxygens (including phenoxy) is 1. The first-order chi connectivity index (χ1) is 15.9. The fraction of sp³-hybridized carbons (Fsp3) is 0.423. The Balaban J connectivity index is 1.21. The van der Waals surface area contributed by atoms with Gasteiger partial charge in [0.05, 0.1) is 24.8 Å². The van der Waals surface area contributed by atoms with Crippen LogP contribution >= 0.6 is 0 Å². The SMILES string of the molecule is [C-]#[N+]c1ccc2c(c1)CCC(N1CCN(C[C@H](O)c3ccc4c(c3C)COC4=O)CC1=O)C2. The first-order valence-corrected chi connectivity index (χ1v) is 11.4. The summed E-state index contributed by atoms with van der Waals surface area (Å²) in [6, 6.07) is 9.57. The predicted octanol–water partition coefficient (Wildman–Crippen LogP) is 2.95. The van der Waals surface area contributed by atoms with Crippen molar-refractivity contribution in [3.63, 3.8) is 0 Å². The highest BCUT2D eigenvalue weighted by molar-refractivity contribution is 5.94. The van der Waals surface area contributed by atoms with Gasteiger partial charge in [0, 0.05) is 31.2 Å². The van der Waals surface area contributed by atoms with Gasteiger partial charge < -0.3 is 14.7 Å². The van der Waals surface area contributed by atoms with Crippen LogP contribution in [0.2, 0.25) is 0 Å². The van der Waals surface area contributed by atoms with Crippen molar-refractivity contribution < 1.29 is 19.4 Å². The molecule has 1 aliphatic carbocycles. The molecule has 1 N–H and O–H groups in total. The van der Waals surface area contributed by atoms with Crippen molar-refractivity contribution in [1.82, 2.24) is 9.80 Å². The smallest absolute Gasteiger partial charge is 0.338 e. The number of esters is 1. The molecule has 3 aliphatic rings. The first-order valence-electron chi connectivity index (χ1n) is 11.4. The topological polar surface area (TPSA) is 74.4 Å². The Kier molecular flexibility index (Phi) is 5.65. The molecule has 2 atom stereocenters. The maximum Gasteiger partial charge on any atom is 0.338 e. The van der Waals surface area contributed by atoms with Gasteiger partial charge in [-0.2, -0.15) is 0 Å². The summed E-state index contributed by atoms with van der Waals surface area (Å²) in [6.07, 6.45) is 1.90. The normalized spacial score (nSPS) is 21.2. The van der Waals surface area contributed by atoms with Crippen LogP contribution in [0.1, 0.15) is 50.7 Å². The van der Waals surface area contributed by atoms with Crippen LogP contribution in [-0.4, -0.2) is 59.0 Å². The van der Waals surface area contributed by atoms with Crippen LogP contribution in [0.3, 0.4) is 0 Å². The van der Waals surface area contributed by atoms with Gasteiger partial charge in [-0.25, -0.2) is 9.64 Å². The van der Waals surface area contributed by atoms with Crippen LogP contribution in [0.15, 0.2) is 30.3 Å². The van der Waals surface area contributed by atoms with E-state index in [1.165, 1.54) is 11.1 Å². The summed E-state index contributed by atoms with van der Waals surface area (Å²) >= 11 is 0. The summed E-state index contributed by atoms with van der Waals surface area (Å²) in [5, 5.41) is 10.9. The Labute approximate surface area is 193 Å². The van der Waals surface area contributed by atoms with Crippen LogP contribution in [0.25, 0.3) is 4.85 Å². The maximum atomic E-state index is 13.0. The van der Waals surface area contributed by atoms with Crippen LogP contribution < -0.4 is 0 Å². The third-order valence-electron chi connectivity index (χ3n) is 7.30. The van der Waals surface area contributed by atoms with Gasteiger partial charge in [-0.1, -0.05) is 29.8 Å². The zero-order chi connectivity index (χ0) is 23.1. The number of aryl methyl sites for hydroxylation is 1. The first kappa shape index (κ1) is 21.6. The minimum atomic E-state index is -0.733. The van der Waals surface area contributed by atoms with E-state index in [1.807, 2.05) is 34.9 Å². The van der Waals surface area contributed by atoms with E-state index in [-0.39, 0.29) is 24.5 Å². The van der Waals surface area contributed by atoms with E-state index in [1.54, 1.807) is 12.1 Å². The fourth-order valence-electron chi connectivity index (χ4n) is 5.41. The molecule has 1 amide bonds. The number of rotatable bonds is 4. The second-order valence-electron chi connectivity index (χ2n) is 9.18. The molecule has 2 heterocycles. The molecule has 0 saturated carbocycles. The van der Waals surface area contributed by atoms with E-state index in [2.05, 4.69) is 4.85 Å². The molecular weight excluding hydrogens is 418 g/mol. The monoisotopic (exact) mass is 445 g/mol. The number of β-amino-alcohol motifs (C(OH)–C–C–N with tert-alkyl or cyclic N) is 1. The highest BCUT2D eigenvalue weighted by Crippen LogP contribution is 2.31. The van der Waals surface area contributed by atoms with E-state index < -0.39 is 6.10 Å². The number of fused-ring (bicyclic) bond motifs is 2. The molecule has 2 aliphatic heterocycles. The zero-order valence-electron chi connectivity index (χ0n) is 18.7. The zero-order valence-corrected chi connectivity index (χ0v) is 18.7. The number of nitrogens with zero attached hydrogens (tertiary/aromatic N) is 3. The number of cyclic esters (lactones) is 1. The van der Waals surface area contributed by atoms with E-state index in [0.29, 0.717) is 37.4 Å². The van der Waals surface area contributed by atoms with Crippen LogP contribution in [-0.2, 0) is 29.0 Å². The summed E-state index contributed by atoms with van der Waals surface area (Å²) in [5.74, 6) is -0.211. The molecule has 33 heavy (non-hydrogen) atoms. The summed E-state index contributed by atoms with van der Waals surface area (Å²) in [4.78, 5) is 32.3. The Hall–Kier alpha value is -3.21. The lowest BCUT2D eigenvalue weighted by Crippen LogP contribution is -2.55. The van der Waals surface area contributed by atoms with Gasteiger partial charge in [0.15, 0.2) is 5.69 Å². The summed E-state index contributed by atoms with van der Waals surface area (Å²) in [7, 11) is 0. The quantitative estimate of drug-likeness (QED) is 0.579. The summed E-state index contributed by atoms with van der Waals surface area (Å²) in [5.41, 5.74) is 6.23. The third kappa shape index (κ3) is 4.01. The molecule has 1 fully saturated rings. The maximum absolute atomic E-state index is 13.0. The van der Waals surface area contributed by atoms with Crippen LogP contribution in [0.4, 0.5) is 5.69 Å². The summed E-state index contributed by atoms with van der Waals surface area (Å²) in [6.45, 7) is 11.4. The van der Waals surface area contributed by atoms with Crippen molar-refractivity contribution in [1.29, 1.82) is 0 Å². The largest absolute Gasteiger partial charge is 0.457 e. The molecule has 7 heteroatoms. The van der Waals surface area contributed by atoms with Crippen LogP contribution in [0, 0.1) is 13.5 Å². The number of benzene rings is 2. The number of hydrogen-bond acceptors (Lipinski definition) is 5. The number of carbonyl (C=O) groups is 2. The number of aliphatic hydroxyl groups excluding tert-OH is 1. The molecule has 0 aromatic heterocycles. The Bertz CT molecular complexity index is 1170. The number of amides is 1. The number of carbonyl (C=O) groups excluding carboxylic acids is 2. The fourth-order valence-corrected chi connectivity index (χ4v) is 5.41. The Morgan fingerprint density at radius 1 is 1.21 bits per heavy atom. The molecule has 5 rings (SSSR count). The van der Waals surface area contributed by atoms with Crippen molar-refractivity contribution >= 4 is 17.6 Å². The molecule has 1 saturated heterocycles. The number of aliphatic hydroxyl groups is 1. The van der Waals surface area contributed by atoms with Gasteiger partial charge in [-0.3, -0.25) is 9.69 Å². The molecule has 1 unspecified atom stereocenters. The summed E-state index contributed by atoms with van der Waals surface area (Å²) < 4.78 is 5.11. The molecule has 170 valence electrons. The molecule has 7 nitrogen and oxygen atoms in total. The average Bonchev–Trinajstić information content (AvgIpc) is 3.20. The van der Waals surface area contributed by atoms with E-state index in [0.717, 1.165) is 36.0 Å². The van der Waals surface area contributed by atoms with Crippen molar-refractivity contribution in [2.24, 2.45) is 0 Å². The minimum absolute atomic E-state index is 0.101. The lowest BCUT2D eigenvalue weighted by Gasteiger charge is -2.41. The molecule has 2 aromatic rings. The average molecular weight is 446 g/mol. The van der Waals surface area contributed by atoms with E-state index in [9.17, 15) is 14.7 Å². The number of hydrogen-bond donors (Lipinski definition) is 1. The highest BCUT2D eigenvalue weighted by Gasteiger charge is 2.33. The van der Waals surface area contributed by atoms with Gasteiger partial charge >= 0.3 is 5.97 Å². The highest BCUT2D eigenvalue weighted by atomic mass is 16.5. The van der Waals surface area contributed by atoms with Gasteiger partial charge in [-0.05, 0) is 48.9 Å². The van der Waals surface area contributed by atoms with Crippen molar-refractivity contribution in [2.75, 3.05) is 26.2 Å². The van der Waals surface area contributed by atoms with Crippen molar-refractivity contribution in [2.45, 2.75) is 44.9 Å². The minimum Gasteiger partial charge on any atom is -0.457 e. The van der Waals surface area contributed by atoms with Crippen LogP contribution in [0.5, 0.6) is 0 Å². The van der Waals surface area contributed by atoms with Crippen molar-refractivity contribution in [3.8, 4) is 0 Å². The lowest BCUT2D eigenvalue weighted by molar-refractivity contribution is -0.139. The third-order valence-corrected chi connectivity index (χ3v) is 7.30. The second kappa shape index (κ2) is 8.62. The molecule has 0 spiro atoms. The predicted molar refractivity (Wildman–Crippen MR) is 122 cm³/mol. The standard InChI is InChI=1S/C26H27N3O4/c1-16-21(7-8-22-23(16)15-33-26(22)32)24(30)13-28-9-10-29(25(31)14-28)20-6-4-17-11-19(27-2)5-3-18(17)12-20/h3,5,7-8,11,20,24,30H,4,6,9-10,12-15H2,1H3/t20?,24-/m0/s1. The van der Waals surface area contributed by atoms with E-state index >= 15 is 0 Å². The molecular formula is C26H27N3O4. The van der Waals surface area contributed by atoms with Gasteiger partial charge in [0.25, 0.3) is 0 Å². The van der Waals surface area contributed by atoms with Gasteiger partial charge in [0.1, 0.15) is 6.61 Å². The lowest BCUT2D eigenvalue weighted by atomic mass is 9.87. The molecule has 0 radical (unpaired) electrons. The Morgan fingerprint density at radius 3 is 2.85 bits per heavy atom. The molecule has 2 aromatic carbocycles.